The van der Waals surface area contributed by atoms with Gasteiger partial charge in [0.05, 0.1) is 5.75 Å². The molecule has 3 aromatic rings. The average molecular weight is 372 g/mol. The number of nitrogens with zero attached hydrogens (tertiary/aromatic N) is 4. The molecule has 0 unspecified atom stereocenters. The van der Waals surface area contributed by atoms with Crippen molar-refractivity contribution >= 4 is 15.8 Å². The van der Waals surface area contributed by atoms with E-state index in [1.165, 1.54) is 0 Å². The van der Waals surface area contributed by atoms with Crippen molar-refractivity contribution in [1.29, 1.82) is 0 Å². The van der Waals surface area contributed by atoms with Gasteiger partial charge in [0.15, 0.2) is 5.82 Å². The van der Waals surface area contributed by atoms with E-state index in [1.54, 1.807) is 41.3 Å². The first-order chi connectivity index (χ1) is 12.5. The third kappa shape index (κ3) is 5.11. The maximum atomic E-state index is 12.1. The first-order valence-electron chi connectivity index (χ1n) is 8.12. The summed E-state index contributed by atoms with van der Waals surface area (Å²) in [4.78, 5) is 0. The topological polar surface area (TPSA) is 102 Å². The number of hydrogen-bond donors (Lipinski definition) is 2. The van der Waals surface area contributed by atoms with Crippen LogP contribution in [0.1, 0.15) is 11.1 Å². The fourth-order valence-corrected chi connectivity index (χ4v) is 3.55. The minimum absolute atomic E-state index is 0.0347. The highest BCUT2D eigenvalue weighted by Gasteiger charge is 2.11. The Bertz CT molecular complexity index is 940. The average Bonchev–Trinajstić information content (AvgIpc) is 3.13. The Labute approximate surface area is 152 Å². The van der Waals surface area contributed by atoms with Crippen molar-refractivity contribution in [3.8, 4) is 5.82 Å². The summed E-state index contributed by atoms with van der Waals surface area (Å²) in [6.07, 6.45) is 3.44. The summed E-state index contributed by atoms with van der Waals surface area (Å²) >= 11 is 0. The third-order valence-electron chi connectivity index (χ3n) is 3.58. The van der Waals surface area contributed by atoms with Crippen LogP contribution in [0.2, 0.25) is 0 Å². The number of benzene rings is 1. The smallest absolute Gasteiger partial charge is 0.215 e. The fourth-order valence-electron chi connectivity index (χ4n) is 2.42. The van der Waals surface area contributed by atoms with Crippen molar-refractivity contribution in [2.75, 3.05) is 18.4 Å². The van der Waals surface area contributed by atoms with Crippen molar-refractivity contribution in [2.24, 2.45) is 0 Å². The molecule has 0 saturated heterocycles. The summed E-state index contributed by atoms with van der Waals surface area (Å²) in [6.45, 7) is 2.60. The predicted molar refractivity (Wildman–Crippen MR) is 99.4 cm³/mol. The molecule has 0 aliphatic rings. The van der Waals surface area contributed by atoms with Gasteiger partial charge in [0.2, 0.25) is 10.0 Å². The summed E-state index contributed by atoms with van der Waals surface area (Å²) < 4.78 is 28.4. The van der Waals surface area contributed by atoms with Crippen LogP contribution in [0.5, 0.6) is 0 Å². The molecule has 0 amide bonds. The highest BCUT2D eigenvalue weighted by atomic mass is 32.2. The minimum Gasteiger partial charge on any atom is -0.367 e. The molecule has 3 rings (SSSR count). The molecule has 0 aliphatic heterocycles. The maximum Gasteiger partial charge on any atom is 0.215 e. The first kappa shape index (κ1) is 18.0. The number of hydrogen-bond acceptors (Lipinski definition) is 6. The van der Waals surface area contributed by atoms with E-state index in [4.69, 9.17) is 0 Å². The van der Waals surface area contributed by atoms with Gasteiger partial charge in [-0.05, 0) is 30.7 Å². The summed E-state index contributed by atoms with van der Waals surface area (Å²) in [6, 6.07) is 12.8. The number of rotatable bonds is 8. The lowest BCUT2D eigenvalue weighted by molar-refractivity contribution is 0.582. The molecule has 0 atom stereocenters. The van der Waals surface area contributed by atoms with Crippen LogP contribution in [0.3, 0.4) is 0 Å². The number of anilines is 1. The van der Waals surface area contributed by atoms with E-state index in [2.05, 4.69) is 25.3 Å². The van der Waals surface area contributed by atoms with Gasteiger partial charge in [-0.2, -0.15) is 5.10 Å². The largest absolute Gasteiger partial charge is 0.367 e. The van der Waals surface area contributed by atoms with Gasteiger partial charge in [-0.25, -0.2) is 17.8 Å². The van der Waals surface area contributed by atoms with Gasteiger partial charge in [0.1, 0.15) is 5.82 Å². The molecule has 0 aliphatic carbocycles. The van der Waals surface area contributed by atoms with Crippen LogP contribution in [0.15, 0.2) is 54.9 Å². The Kier molecular flexibility index (Phi) is 5.59. The molecule has 26 heavy (non-hydrogen) atoms. The van der Waals surface area contributed by atoms with Crippen LogP contribution in [0, 0.1) is 6.92 Å². The first-order valence-corrected chi connectivity index (χ1v) is 9.77. The van der Waals surface area contributed by atoms with Gasteiger partial charge in [-0.15, -0.1) is 10.2 Å². The van der Waals surface area contributed by atoms with E-state index in [1.807, 2.05) is 25.1 Å². The molecule has 0 saturated carbocycles. The molecule has 0 spiro atoms. The maximum absolute atomic E-state index is 12.1. The molecule has 2 N–H and O–H groups in total. The van der Waals surface area contributed by atoms with E-state index in [-0.39, 0.29) is 12.3 Å². The zero-order chi connectivity index (χ0) is 18.4. The Morgan fingerprint density at radius 2 is 1.96 bits per heavy atom. The fraction of sp³-hybridized carbons (Fsp3) is 0.235. The molecule has 8 nitrogen and oxygen atoms in total. The zero-order valence-electron chi connectivity index (χ0n) is 14.3. The van der Waals surface area contributed by atoms with Crippen molar-refractivity contribution in [3.05, 3.63) is 66.0 Å². The molecule has 136 valence electrons. The summed E-state index contributed by atoms with van der Waals surface area (Å²) in [5.74, 6) is 1.14. The lowest BCUT2D eigenvalue weighted by atomic mass is 10.2. The second-order valence-electron chi connectivity index (χ2n) is 5.80. The molecule has 0 radical (unpaired) electrons. The molecular formula is C17H20N6O2S. The SMILES string of the molecule is Cc1cccc(CS(=O)(=O)NCCNc2ccc(-n3cccn3)nn2)c1. The molecule has 0 bridgehead atoms. The second kappa shape index (κ2) is 8.07. The van der Waals surface area contributed by atoms with Crippen LogP contribution in [-0.4, -0.2) is 41.5 Å². The Hall–Kier alpha value is -2.78. The van der Waals surface area contributed by atoms with Gasteiger partial charge < -0.3 is 5.32 Å². The highest BCUT2D eigenvalue weighted by Crippen LogP contribution is 2.08. The predicted octanol–water partition coefficient (Wildman–Crippen LogP) is 1.50. The van der Waals surface area contributed by atoms with Crippen molar-refractivity contribution in [2.45, 2.75) is 12.7 Å². The summed E-state index contributed by atoms with van der Waals surface area (Å²) in [5.41, 5.74) is 1.81. The molecule has 2 aromatic heterocycles. The van der Waals surface area contributed by atoms with Gasteiger partial charge in [0.25, 0.3) is 0 Å². The quantitative estimate of drug-likeness (QED) is 0.581. The summed E-state index contributed by atoms with van der Waals surface area (Å²) in [5, 5.41) is 15.2. The van der Waals surface area contributed by atoms with Crippen molar-refractivity contribution in [1.82, 2.24) is 24.7 Å². The van der Waals surface area contributed by atoms with Gasteiger partial charge >= 0.3 is 0 Å². The Morgan fingerprint density at radius 3 is 2.65 bits per heavy atom. The van der Waals surface area contributed by atoms with Crippen LogP contribution in [0.25, 0.3) is 5.82 Å². The van der Waals surface area contributed by atoms with E-state index < -0.39 is 10.0 Å². The molecule has 2 heterocycles. The minimum atomic E-state index is -3.38. The van der Waals surface area contributed by atoms with E-state index in [0.29, 0.717) is 18.2 Å². The number of aromatic nitrogens is 4. The lowest BCUT2D eigenvalue weighted by Gasteiger charge is -2.09. The second-order valence-corrected chi connectivity index (χ2v) is 7.60. The van der Waals surface area contributed by atoms with Crippen molar-refractivity contribution in [3.63, 3.8) is 0 Å². The van der Waals surface area contributed by atoms with Gasteiger partial charge in [0, 0.05) is 25.5 Å². The van der Waals surface area contributed by atoms with E-state index in [9.17, 15) is 8.42 Å². The molecule has 9 heteroatoms. The van der Waals surface area contributed by atoms with Crippen LogP contribution in [0.4, 0.5) is 5.82 Å². The van der Waals surface area contributed by atoms with E-state index in [0.717, 1.165) is 11.1 Å². The zero-order valence-corrected chi connectivity index (χ0v) is 15.1. The molecule has 0 fully saturated rings. The number of nitrogens with one attached hydrogen (secondary N) is 2. The monoisotopic (exact) mass is 372 g/mol. The normalized spacial score (nSPS) is 11.4. The lowest BCUT2D eigenvalue weighted by Crippen LogP contribution is -2.30. The van der Waals surface area contributed by atoms with Gasteiger partial charge in [-0.1, -0.05) is 29.8 Å². The van der Waals surface area contributed by atoms with Crippen LogP contribution >= 0.6 is 0 Å². The standard InChI is InChI=1S/C17H20N6O2S/c1-14-4-2-5-15(12-14)13-26(24,25)20-10-9-18-16-6-7-17(22-21-16)23-11-3-8-19-23/h2-8,11-12,20H,9-10,13H2,1H3,(H,18,21). The molecular weight excluding hydrogens is 352 g/mol. The summed E-state index contributed by atoms with van der Waals surface area (Å²) in [7, 11) is -3.38. The Balaban J connectivity index is 1.46. The third-order valence-corrected chi connectivity index (χ3v) is 4.94. The number of sulfonamides is 1. The van der Waals surface area contributed by atoms with Crippen LogP contribution < -0.4 is 10.0 Å². The highest BCUT2D eigenvalue weighted by molar-refractivity contribution is 7.88. The van der Waals surface area contributed by atoms with Crippen LogP contribution in [-0.2, 0) is 15.8 Å². The number of aryl methyl sites for hydroxylation is 1. The Morgan fingerprint density at radius 1 is 1.08 bits per heavy atom. The van der Waals surface area contributed by atoms with Gasteiger partial charge in [-0.3, -0.25) is 0 Å². The van der Waals surface area contributed by atoms with Crippen molar-refractivity contribution < 1.29 is 8.42 Å². The van der Waals surface area contributed by atoms with E-state index >= 15 is 0 Å². The molecule has 1 aromatic carbocycles.